The molecule has 0 radical (unpaired) electrons. The molecule has 2 heterocycles. The first-order valence-corrected chi connectivity index (χ1v) is 6.49. The van der Waals surface area contributed by atoms with Crippen molar-refractivity contribution in [2.24, 2.45) is 0 Å². The van der Waals surface area contributed by atoms with Gasteiger partial charge in [-0.15, -0.1) is 0 Å². The van der Waals surface area contributed by atoms with Crippen LogP contribution < -0.4 is 9.47 Å². The predicted molar refractivity (Wildman–Crippen MR) is 77.9 cm³/mol. The summed E-state index contributed by atoms with van der Waals surface area (Å²) in [7, 11) is 1.55. The normalized spacial score (nSPS) is 10.5. The highest BCUT2D eigenvalue weighted by Gasteiger charge is 2.11. The number of para-hydroxylation sites is 1. The van der Waals surface area contributed by atoms with E-state index in [0.29, 0.717) is 23.7 Å². The second kappa shape index (κ2) is 5.66. The molecule has 2 aromatic heterocycles. The highest BCUT2D eigenvalue weighted by Crippen LogP contribution is 2.30. The van der Waals surface area contributed by atoms with Crippen molar-refractivity contribution in [2.75, 3.05) is 7.11 Å². The Hall–Kier alpha value is -2.82. The van der Waals surface area contributed by atoms with Gasteiger partial charge >= 0.3 is 0 Å². The molecule has 0 fully saturated rings. The molecule has 0 amide bonds. The van der Waals surface area contributed by atoms with E-state index in [2.05, 4.69) is 4.98 Å². The molecule has 5 heteroatoms. The Labute approximate surface area is 121 Å². The molecular weight excluding hydrogens is 268 g/mol. The average molecular weight is 282 g/mol. The smallest absolute Gasteiger partial charge is 0.172 e. The zero-order chi connectivity index (χ0) is 14.7. The van der Waals surface area contributed by atoms with Gasteiger partial charge in [0.2, 0.25) is 0 Å². The Morgan fingerprint density at radius 3 is 2.95 bits per heavy atom. The summed E-state index contributed by atoms with van der Waals surface area (Å²) in [5.74, 6) is 0.985. The summed E-state index contributed by atoms with van der Waals surface area (Å²) < 4.78 is 13.0. The third-order valence-corrected chi connectivity index (χ3v) is 3.23. The fourth-order valence-corrected chi connectivity index (χ4v) is 2.21. The van der Waals surface area contributed by atoms with E-state index in [4.69, 9.17) is 9.47 Å². The maximum Gasteiger partial charge on any atom is 0.172 e. The number of fused-ring (bicyclic) bond motifs is 1. The molecule has 1 aromatic carbocycles. The lowest BCUT2D eigenvalue weighted by Crippen LogP contribution is -2.02. The maximum atomic E-state index is 11.1. The van der Waals surface area contributed by atoms with E-state index >= 15 is 0 Å². The number of rotatable bonds is 5. The zero-order valence-electron chi connectivity index (χ0n) is 11.5. The van der Waals surface area contributed by atoms with E-state index in [1.54, 1.807) is 31.5 Å². The molecule has 0 aliphatic rings. The van der Waals surface area contributed by atoms with Gasteiger partial charge in [0.05, 0.1) is 12.7 Å². The monoisotopic (exact) mass is 282 g/mol. The van der Waals surface area contributed by atoms with Gasteiger partial charge in [0.1, 0.15) is 12.3 Å². The van der Waals surface area contributed by atoms with Crippen LogP contribution >= 0.6 is 0 Å². The number of nitrogens with zero attached hydrogens (tertiary/aromatic N) is 2. The van der Waals surface area contributed by atoms with Gasteiger partial charge in [-0.05, 0) is 18.2 Å². The number of imidazole rings is 1. The van der Waals surface area contributed by atoms with Crippen LogP contribution in [0.25, 0.3) is 5.65 Å². The lowest BCUT2D eigenvalue weighted by molar-refractivity contribution is 0.111. The summed E-state index contributed by atoms with van der Waals surface area (Å²) in [4.78, 5) is 15.4. The number of benzene rings is 1. The fourth-order valence-electron chi connectivity index (χ4n) is 2.21. The van der Waals surface area contributed by atoms with Crippen molar-refractivity contribution in [3.05, 3.63) is 60.0 Å². The van der Waals surface area contributed by atoms with Crippen molar-refractivity contribution in [2.45, 2.75) is 6.61 Å². The first-order valence-electron chi connectivity index (χ1n) is 6.49. The maximum absolute atomic E-state index is 11.1. The molecule has 3 aromatic rings. The van der Waals surface area contributed by atoms with Crippen molar-refractivity contribution in [3.8, 4) is 11.5 Å². The molecule has 106 valence electrons. The van der Waals surface area contributed by atoms with Crippen molar-refractivity contribution in [1.82, 2.24) is 9.38 Å². The highest BCUT2D eigenvalue weighted by atomic mass is 16.5. The third kappa shape index (κ3) is 2.45. The Bertz CT molecular complexity index is 780. The number of hydrogen-bond acceptors (Lipinski definition) is 4. The lowest BCUT2D eigenvalue weighted by Gasteiger charge is -2.12. The van der Waals surface area contributed by atoms with Gasteiger partial charge in [0, 0.05) is 24.2 Å². The molecule has 0 aliphatic carbocycles. The minimum atomic E-state index is 0.308. The number of carbonyl (C=O) groups is 1. The van der Waals surface area contributed by atoms with Gasteiger partial charge in [-0.3, -0.25) is 4.79 Å². The Morgan fingerprint density at radius 1 is 1.24 bits per heavy atom. The predicted octanol–water partition coefficient (Wildman–Crippen LogP) is 2.73. The van der Waals surface area contributed by atoms with E-state index in [9.17, 15) is 4.79 Å². The van der Waals surface area contributed by atoms with Crippen molar-refractivity contribution in [3.63, 3.8) is 0 Å². The summed E-state index contributed by atoms with van der Waals surface area (Å²) >= 11 is 0. The highest BCUT2D eigenvalue weighted by molar-refractivity contribution is 5.81. The van der Waals surface area contributed by atoms with Gasteiger partial charge in [-0.2, -0.15) is 0 Å². The van der Waals surface area contributed by atoms with Gasteiger partial charge in [0.25, 0.3) is 0 Å². The number of ether oxygens (including phenoxy) is 2. The van der Waals surface area contributed by atoms with Crippen LogP contribution in [0.5, 0.6) is 11.5 Å². The molecule has 5 nitrogen and oxygen atoms in total. The van der Waals surface area contributed by atoms with E-state index in [0.717, 1.165) is 17.5 Å². The first kappa shape index (κ1) is 13.2. The largest absolute Gasteiger partial charge is 0.493 e. The number of aromatic nitrogens is 2. The van der Waals surface area contributed by atoms with E-state index in [1.807, 2.05) is 28.9 Å². The summed E-state index contributed by atoms with van der Waals surface area (Å²) in [5.41, 5.74) is 2.23. The van der Waals surface area contributed by atoms with Crippen LogP contribution in [0.4, 0.5) is 0 Å². The molecule has 0 saturated carbocycles. The number of aldehydes is 1. The van der Waals surface area contributed by atoms with Crippen LogP contribution in [-0.4, -0.2) is 22.8 Å². The van der Waals surface area contributed by atoms with Crippen molar-refractivity contribution >= 4 is 11.9 Å². The minimum Gasteiger partial charge on any atom is -0.493 e. The SMILES string of the molecule is COc1cccc(C=O)c1OCc1cccn2ccnc12. The molecule has 3 rings (SSSR count). The Morgan fingerprint density at radius 2 is 2.14 bits per heavy atom. The summed E-state index contributed by atoms with van der Waals surface area (Å²) in [6.45, 7) is 0.308. The topological polar surface area (TPSA) is 52.8 Å². The number of carbonyl (C=O) groups excluding carboxylic acids is 1. The van der Waals surface area contributed by atoms with Crippen LogP contribution in [0.1, 0.15) is 15.9 Å². The van der Waals surface area contributed by atoms with Crippen LogP contribution in [-0.2, 0) is 6.61 Å². The average Bonchev–Trinajstić information content (AvgIpc) is 3.01. The Balaban J connectivity index is 1.91. The van der Waals surface area contributed by atoms with Crippen molar-refractivity contribution < 1.29 is 14.3 Å². The standard InChI is InChI=1S/C16H14N2O3/c1-20-14-6-2-4-12(10-19)15(14)21-11-13-5-3-8-18-9-7-17-16(13)18/h2-10H,11H2,1H3. The lowest BCUT2D eigenvalue weighted by atomic mass is 10.2. The molecule has 0 atom stereocenters. The molecule has 0 N–H and O–H groups in total. The molecular formula is C16H14N2O3. The molecule has 0 aliphatic heterocycles. The third-order valence-electron chi connectivity index (χ3n) is 3.23. The van der Waals surface area contributed by atoms with Gasteiger partial charge in [0.15, 0.2) is 17.8 Å². The Kier molecular flexibility index (Phi) is 3.55. The van der Waals surface area contributed by atoms with Gasteiger partial charge < -0.3 is 13.9 Å². The summed E-state index contributed by atoms with van der Waals surface area (Å²) in [6, 6.07) is 9.08. The van der Waals surface area contributed by atoms with E-state index in [1.165, 1.54) is 0 Å². The number of methoxy groups -OCH3 is 1. The molecule has 0 saturated heterocycles. The molecule has 0 spiro atoms. The van der Waals surface area contributed by atoms with Crippen LogP contribution in [0, 0.1) is 0 Å². The van der Waals surface area contributed by atoms with Crippen LogP contribution in [0.15, 0.2) is 48.9 Å². The molecule has 21 heavy (non-hydrogen) atoms. The fraction of sp³-hybridized carbons (Fsp3) is 0.125. The molecule has 0 bridgehead atoms. The van der Waals surface area contributed by atoms with Crippen molar-refractivity contribution in [1.29, 1.82) is 0 Å². The molecule has 0 unspecified atom stereocenters. The van der Waals surface area contributed by atoms with Crippen LogP contribution in [0.2, 0.25) is 0 Å². The summed E-state index contributed by atoms with van der Waals surface area (Å²) in [6.07, 6.45) is 6.29. The number of pyridine rings is 1. The van der Waals surface area contributed by atoms with Crippen LogP contribution in [0.3, 0.4) is 0 Å². The summed E-state index contributed by atoms with van der Waals surface area (Å²) in [5, 5.41) is 0. The van der Waals surface area contributed by atoms with Gasteiger partial charge in [-0.25, -0.2) is 4.98 Å². The second-order valence-electron chi connectivity index (χ2n) is 4.48. The van der Waals surface area contributed by atoms with E-state index in [-0.39, 0.29) is 0 Å². The van der Waals surface area contributed by atoms with Gasteiger partial charge in [-0.1, -0.05) is 12.1 Å². The number of hydrogen-bond donors (Lipinski definition) is 0. The first-order chi connectivity index (χ1) is 10.3. The quantitative estimate of drug-likeness (QED) is 0.675. The minimum absolute atomic E-state index is 0.308. The zero-order valence-corrected chi connectivity index (χ0v) is 11.5. The van der Waals surface area contributed by atoms with E-state index < -0.39 is 0 Å². The second-order valence-corrected chi connectivity index (χ2v) is 4.48.